The molecular weight excluding hydrogens is 632 g/mol. The fourth-order valence-corrected chi connectivity index (χ4v) is 13.0. The van der Waals surface area contributed by atoms with Crippen molar-refractivity contribution in [1.82, 2.24) is 0 Å². The van der Waals surface area contributed by atoms with Crippen LogP contribution >= 0.6 is 0 Å². The molecule has 5 aliphatic rings. The Morgan fingerprint density at radius 1 is 0.720 bits per heavy atom. The third kappa shape index (κ3) is 6.36. The van der Waals surface area contributed by atoms with E-state index in [9.17, 15) is 19.5 Å². The van der Waals surface area contributed by atoms with Gasteiger partial charge in [-0.1, -0.05) is 41.5 Å². The molecule has 50 heavy (non-hydrogen) atoms. The molecule has 0 aliphatic heterocycles. The van der Waals surface area contributed by atoms with Gasteiger partial charge in [0.2, 0.25) is 0 Å². The minimum Gasteiger partial charge on any atom is -0.481 e. The summed E-state index contributed by atoms with van der Waals surface area (Å²) in [7, 11) is 0. The molecule has 0 radical (unpaired) electrons. The largest absolute Gasteiger partial charge is 0.481 e. The van der Waals surface area contributed by atoms with E-state index in [1.165, 1.54) is 0 Å². The van der Waals surface area contributed by atoms with Crippen LogP contribution in [-0.4, -0.2) is 49.3 Å². The van der Waals surface area contributed by atoms with E-state index in [1.54, 1.807) is 0 Å². The van der Waals surface area contributed by atoms with Crippen LogP contribution in [0.25, 0.3) is 0 Å². The maximum atomic E-state index is 13.3. The van der Waals surface area contributed by atoms with E-state index in [0.717, 1.165) is 64.2 Å². The first-order valence-electron chi connectivity index (χ1n) is 19.7. The number of rotatable bonds is 9. The second-order valence-electron chi connectivity index (χ2n) is 20.8. The minimum absolute atomic E-state index is 0.00788. The fourth-order valence-electron chi connectivity index (χ4n) is 13.0. The summed E-state index contributed by atoms with van der Waals surface area (Å²) in [6.45, 7) is 26.2. The molecule has 0 bridgehead atoms. The van der Waals surface area contributed by atoms with Crippen molar-refractivity contribution in [3.63, 3.8) is 0 Å². The lowest BCUT2D eigenvalue weighted by atomic mass is 9.32. The molecule has 11 atom stereocenters. The third-order valence-corrected chi connectivity index (χ3v) is 15.9. The van der Waals surface area contributed by atoms with Gasteiger partial charge in [-0.25, -0.2) is 0 Å². The average Bonchev–Trinajstić information content (AvgIpc) is 3.41. The monoisotopic (exact) mass is 703 g/mol. The predicted octanol–water partition coefficient (Wildman–Crippen LogP) is 9.28. The van der Waals surface area contributed by atoms with E-state index in [4.69, 9.17) is 18.9 Å². The molecule has 0 aromatic carbocycles. The molecule has 0 spiro atoms. The van der Waals surface area contributed by atoms with Crippen LogP contribution in [0.1, 0.15) is 147 Å². The number of hydrogen-bond donors (Lipinski definition) is 1. The standard InChI is InChI=1S/C42H70O8/c1-26(23-47-24-49-34(45)36(2,3)4)27-15-20-42(33(43)44)22-21-40(11)28(32(27)42)13-14-30-39(10)18-17-31(48-25-50-35(46)37(5,6)7)38(8,9)29(39)16-19-41(30,40)12/h26-32H,13-25H2,1-12H3,(H,43,44)/t26?,27?,28?,29?,30?,31-,32?,39-,40+,41+,42-/m0/s1. The maximum absolute atomic E-state index is 13.3. The molecule has 1 N–H and O–H groups in total. The number of carbonyl (C=O) groups is 3. The summed E-state index contributed by atoms with van der Waals surface area (Å²) in [6.07, 6.45) is 9.98. The van der Waals surface area contributed by atoms with Crippen LogP contribution in [0.4, 0.5) is 0 Å². The highest BCUT2D eigenvalue weighted by Crippen LogP contribution is 2.77. The molecule has 5 aliphatic carbocycles. The van der Waals surface area contributed by atoms with Crippen LogP contribution in [0.5, 0.6) is 0 Å². The number of fused-ring (bicyclic) bond motifs is 7. The molecule has 5 fully saturated rings. The van der Waals surface area contributed by atoms with Crippen molar-refractivity contribution in [2.75, 3.05) is 20.2 Å². The second kappa shape index (κ2) is 13.3. The van der Waals surface area contributed by atoms with Gasteiger partial charge < -0.3 is 24.1 Å². The molecule has 6 unspecified atom stereocenters. The van der Waals surface area contributed by atoms with Crippen LogP contribution < -0.4 is 0 Å². The summed E-state index contributed by atoms with van der Waals surface area (Å²) in [6, 6.07) is 0. The Hall–Kier alpha value is -1.67. The number of carbonyl (C=O) groups excluding carboxylic acids is 2. The molecule has 5 saturated carbocycles. The molecule has 0 aromatic rings. The number of aliphatic carboxylic acids is 1. The van der Waals surface area contributed by atoms with Crippen LogP contribution in [0.3, 0.4) is 0 Å². The zero-order chi connectivity index (χ0) is 37.3. The van der Waals surface area contributed by atoms with Crippen molar-refractivity contribution in [3.05, 3.63) is 0 Å². The van der Waals surface area contributed by atoms with Crippen molar-refractivity contribution < 1.29 is 38.4 Å². The van der Waals surface area contributed by atoms with E-state index < -0.39 is 22.2 Å². The van der Waals surface area contributed by atoms with Gasteiger partial charge >= 0.3 is 17.9 Å². The van der Waals surface area contributed by atoms with E-state index >= 15 is 0 Å². The molecule has 0 heterocycles. The Labute approximate surface area is 302 Å². The highest BCUT2D eigenvalue weighted by Gasteiger charge is 2.72. The Balaban J connectivity index is 1.34. The molecule has 8 nitrogen and oxygen atoms in total. The van der Waals surface area contributed by atoms with E-state index in [2.05, 4.69) is 41.5 Å². The minimum atomic E-state index is -0.667. The van der Waals surface area contributed by atoms with Gasteiger partial charge in [0.15, 0.2) is 13.6 Å². The number of carboxylic acid groups (broad SMARTS) is 1. The predicted molar refractivity (Wildman–Crippen MR) is 193 cm³/mol. The number of ether oxygens (including phenoxy) is 4. The average molecular weight is 703 g/mol. The molecule has 0 aromatic heterocycles. The highest BCUT2D eigenvalue weighted by molar-refractivity contribution is 5.76. The molecule has 5 rings (SSSR count). The fraction of sp³-hybridized carbons (Fsp3) is 0.929. The summed E-state index contributed by atoms with van der Waals surface area (Å²) in [4.78, 5) is 38.0. The van der Waals surface area contributed by atoms with Crippen LogP contribution in [0.2, 0.25) is 0 Å². The lowest BCUT2D eigenvalue weighted by Gasteiger charge is -2.73. The number of esters is 2. The molecule has 0 saturated heterocycles. The number of carboxylic acids is 1. The maximum Gasteiger partial charge on any atom is 0.313 e. The van der Waals surface area contributed by atoms with Gasteiger partial charge in [0.05, 0.1) is 29.0 Å². The Morgan fingerprint density at radius 3 is 1.94 bits per heavy atom. The number of hydrogen-bond acceptors (Lipinski definition) is 7. The van der Waals surface area contributed by atoms with Crippen LogP contribution in [-0.2, 0) is 33.3 Å². The zero-order valence-electron chi connectivity index (χ0n) is 33.5. The van der Waals surface area contributed by atoms with E-state index in [0.29, 0.717) is 24.4 Å². The molecule has 8 heteroatoms. The van der Waals surface area contributed by atoms with Crippen molar-refractivity contribution >= 4 is 17.9 Å². The summed E-state index contributed by atoms with van der Waals surface area (Å²) >= 11 is 0. The quantitative estimate of drug-likeness (QED) is 0.144. The van der Waals surface area contributed by atoms with Crippen LogP contribution in [0.15, 0.2) is 0 Å². The van der Waals surface area contributed by atoms with Gasteiger partial charge in [0, 0.05) is 0 Å². The highest BCUT2D eigenvalue weighted by atomic mass is 16.7. The Kier molecular flexibility index (Phi) is 10.5. The first-order valence-corrected chi connectivity index (χ1v) is 19.7. The lowest BCUT2D eigenvalue weighted by Crippen LogP contribution is -2.67. The first-order chi connectivity index (χ1) is 23.0. The van der Waals surface area contributed by atoms with Crippen molar-refractivity contribution in [2.45, 2.75) is 153 Å². The van der Waals surface area contributed by atoms with Gasteiger partial charge in [-0.2, -0.15) is 0 Å². The summed E-state index contributed by atoms with van der Waals surface area (Å²) < 4.78 is 23.2. The smallest absolute Gasteiger partial charge is 0.313 e. The van der Waals surface area contributed by atoms with E-state index in [-0.39, 0.29) is 71.0 Å². The topological polar surface area (TPSA) is 108 Å². The molecule has 286 valence electrons. The zero-order valence-corrected chi connectivity index (χ0v) is 33.5. The van der Waals surface area contributed by atoms with Crippen LogP contribution in [0, 0.1) is 73.4 Å². The second-order valence-corrected chi connectivity index (χ2v) is 20.8. The van der Waals surface area contributed by atoms with Gasteiger partial charge in [0.1, 0.15) is 0 Å². The SMILES string of the molecule is CC(COCOC(=O)C(C)(C)C)C1CC[C@]2(C(=O)O)CC[C@]3(C)C(CCC4[C@@]5(C)CC[C@H](OCOC(=O)C(C)(C)C)C(C)(C)C5CC[C@]43C)C12. The van der Waals surface area contributed by atoms with Gasteiger partial charge in [-0.05, 0) is 163 Å². The Morgan fingerprint density at radius 2 is 1.34 bits per heavy atom. The van der Waals surface area contributed by atoms with Crippen molar-refractivity contribution in [1.29, 1.82) is 0 Å². The third-order valence-electron chi connectivity index (χ3n) is 15.9. The molecule has 0 amide bonds. The lowest BCUT2D eigenvalue weighted by molar-refractivity contribution is -0.258. The molecular formula is C42H70O8. The van der Waals surface area contributed by atoms with Gasteiger partial charge in [-0.15, -0.1) is 0 Å². The van der Waals surface area contributed by atoms with Gasteiger partial charge in [-0.3, -0.25) is 14.4 Å². The normalized spacial score (nSPS) is 41.5. The Bertz CT molecular complexity index is 1290. The van der Waals surface area contributed by atoms with Crippen molar-refractivity contribution in [2.24, 2.45) is 73.4 Å². The van der Waals surface area contributed by atoms with Crippen molar-refractivity contribution in [3.8, 4) is 0 Å². The summed E-state index contributed by atoms with van der Waals surface area (Å²) in [5.41, 5.74) is -1.52. The summed E-state index contributed by atoms with van der Waals surface area (Å²) in [5, 5.41) is 10.9. The first kappa shape index (κ1) is 39.5. The summed E-state index contributed by atoms with van der Waals surface area (Å²) in [5.74, 6) is 0.854. The van der Waals surface area contributed by atoms with Gasteiger partial charge in [0.25, 0.3) is 0 Å². The van der Waals surface area contributed by atoms with E-state index in [1.807, 2.05) is 41.5 Å².